The van der Waals surface area contributed by atoms with E-state index in [2.05, 4.69) is 36.2 Å². The summed E-state index contributed by atoms with van der Waals surface area (Å²) in [6.07, 6.45) is 5.42. The summed E-state index contributed by atoms with van der Waals surface area (Å²) in [5.74, 6) is 1.19. The van der Waals surface area contributed by atoms with E-state index in [1.54, 1.807) is 36.9 Å². The molecule has 36 heavy (non-hydrogen) atoms. The maximum absolute atomic E-state index is 12.6. The molecule has 0 saturated heterocycles. The Morgan fingerprint density at radius 3 is 2.56 bits per heavy atom. The third kappa shape index (κ3) is 5.80. The van der Waals surface area contributed by atoms with Crippen LogP contribution in [0.3, 0.4) is 0 Å². The fourth-order valence-electron chi connectivity index (χ4n) is 3.71. The minimum absolute atomic E-state index is 0.113. The van der Waals surface area contributed by atoms with Crippen molar-refractivity contribution in [1.29, 1.82) is 0 Å². The number of carbonyl (C=O) groups is 1. The Morgan fingerprint density at radius 2 is 1.89 bits per heavy atom. The Morgan fingerprint density at radius 1 is 1.11 bits per heavy atom. The molecule has 2 aromatic carbocycles. The van der Waals surface area contributed by atoms with Crippen molar-refractivity contribution in [3.63, 3.8) is 0 Å². The van der Waals surface area contributed by atoms with Crippen LogP contribution in [-0.4, -0.2) is 43.3 Å². The van der Waals surface area contributed by atoms with E-state index in [4.69, 9.17) is 4.74 Å². The van der Waals surface area contributed by atoms with Gasteiger partial charge in [0.1, 0.15) is 22.5 Å². The number of aromatic nitrogens is 3. The molecule has 4 aromatic rings. The largest absolute Gasteiger partial charge is 0.456 e. The highest BCUT2D eigenvalue weighted by atomic mass is 32.2. The molecule has 0 aliphatic heterocycles. The molecule has 1 atom stereocenters. The molecule has 9 heteroatoms. The van der Waals surface area contributed by atoms with Crippen LogP contribution >= 0.6 is 0 Å². The van der Waals surface area contributed by atoms with E-state index in [0.717, 1.165) is 22.0 Å². The Hall–Kier alpha value is -3.56. The Balaban J connectivity index is 1.49. The van der Waals surface area contributed by atoms with Gasteiger partial charge in [-0.25, -0.2) is 8.51 Å². The van der Waals surface area contributed by atoms with Crippen molar-refractivity contribution >= 4 is 33.5 Å². The molecule has 0 bridgehead atoms. The lowest BCUT2D eigenvalue weighted by atomic mass is 10.1. The molecule has 1 unspecified atom stereocenters. The Labute approximate surface area is 213 Å². The van der Waals surface area contributed by atoms with E-state index >= 15 is 0 Å². The third-order valence-electron chi connectivity index (χ3n) is 5.58. The standard InChI is InChI=1S/C27H31N5O3S/c1-18-13-19(14-26(33)30-20-16-29-32(17-20)27(2,3)4)7-10-24(18)35-25-11-12-28-23-9-8-21(15-22(23)25)36(34)31(5)6/h7-13,15-17H,14H2,1-6H3,(H,30,33). The molecule has 0 spiro atoms. The number of carbonyl (C=O) groups excluding carboxylic acids is 1. The van der Waals surface area contributed by atoms with Gasteiger partial charge in [0.15, 0.2) is 0 Å². The number of nitrogens with zero attached hydrogens (tertiary/aromatic N) is 4. The number of pyridine rings is 1. The van der Waals surface area contributed by atoms with Crippen LogP contribution in [0.2, 0.25) is 0 Å². The van der Waals surface area contributed by atoms with Crippen molar-refractivity contribution < 1.29 is 13.7 Å². The molecule has 0 saturated carbocycles. The molecule has 8 nitrogen and oxygen atoms in total. The van der Waals surface area contributed by atoms with Crippen molar-refractivity contribution in [3.8, 4) is 11.5 Å². The van der Waals surface area contributed by atoms with E-state index in [0.29, 0.717) is 22.1 Å². The van der Waals surface area contributed by atoms with Crippen LogP contribution in [0.1, 0.15) is 31.9 Å². The number of benzene rings is 2. The molecule has 4 rings (SSSR count). The predicted molar refractivity (Wildman–Crippen MR) is 143 cm³/mol. The summed E-state index contributed by atoms with van der Waals surface area (Å²) in [5, 5.41) is 8.01. The fourth-order valence-corrected chi connectivity index (χ4v) is 4.53. The number of aryl methyl sites for hydroxylation is 1. The van der Waals surface area contributed by atoms with Crippen molar-refractivity contribution in [2.75, 3.05) is 19.4 Å². The van der Waals surface area contributed by atoms with Crippen LogP contribution in [0.5, 0.6) is 11.5 Å². The first-order valence-corrected chi connectivity index (χ1v) is 12.7. The summed E-state index contributed by atoms with van der Waals surface area (Å²) in [5.41, 5.74) is 3.06. The highest BCUT2D eigenvalue weighted by molar-refractivity contribution is 7.82. The smallest absolute Gasteiger partial charge is 0.228 e. The molecule has 2 heterocycles. The van der Waals surface area contributed by atoms with Crippen molar-refractivity contribution in [2.45, 2.75) is 44.6 Å². The highest BCUT2D eigenvalue weighted by Crippen LogP contribution is 2.32. The SMILES string of the molecule is Cc1cc(CC(=O)Nc2cnn(C(C)(C)C)c2)ccc1Oc1ccnc2ccc(S(=O)N(C)C)cc12. The first kappa shape index (κ1) is 25.5. The molecule has 188 valence electrons. The number of fused-ring (bicyclic) bond motifs is 1. The van der Waals surface area contributed by atoms with E-state index in [1.165, 1.54) is 0 Å². The molecule has 1 amide bonds. The average molecular weight is 506 g/mol. The normalized spacial score (nSPS) is 12.6. The van der Waals surface area contributed by atoms with Crippen LogP contribution in [0, 0.1) is 6.92 Å². The molecular formula is C27H31N5O3S. The molecule has 0 fully saturated rings. The van der Waals surface area contributed by atoms with Crippen molar-refractivity contribution in [3.05, 3.63) is 72.2 Å². The summed E-state index contributed by atoms with van der Waals surface area (Å²) >= 11 is 0. The molecule has 1 N–H and O–H groups in total. The zero-order chi connectivity index (χ0) is 26.0. The third-order valence-corrected chi connectivity index (χ3v) is 6.90. The summed E-state index contributed by atoms with van der Waals surface area (Å²) in [6.45, 7) is 8.10. The number of nitrogens with one attached hydrogen (secondary N) is 1. The highest BCUT2D eigenvalue weighted by Gasteiger charge is 2.16. The van der Waals surface area contributed by atoms with E-state index < -0.39 is 11.0 Å². The topological polar surface area (TPSA) is 89.4 Å². The van der Waals surface area contributed by atoms with Crippen molar-refractivity contribution in [1.82, 2.24) is 19.1 Å². The first-order chi connectivity index (χ1) is 17.0. The number of hydrogen-bond donors (Lipinski definition) is 1. The second-order valence-electron chi connectivity index (χ2n) is 9.82. The van der Waals surface area contributed by atoms with Crippen LogP contribution in [-0.2, 0) is 27.7 Å². The number of rotatable bonds is 7. The molecule has 0 aliphatic rings. The summed E-state index contributed by atoms with van der Waals surface area (Å²) < 4.78 is 22.2. The quantitative estimate of drug-likeness (QED) is 0.380. The van der Waals surface area contributed by atoms with Gasteiger partial charge in [-0.1, -0.05) is 12.1 Å². The second kappa shape index (κ2) is 10.2. The average Bonchev–Trinajstić information content (AvgIpc) is 3.29. The van der Waals surface area contributed by atoms with Crippen LogP contribution in [0.25, 0.3) is 10.9 Å². The van der Waals surface area contributed by atoms with Crippen molar-refractivity contribution in [2.24, 2.45) is 0 Å². The zero-order valence-corrected chi connectivity index (χ0v) is 22.2. The maximum atomic E-state index is 12.6. The summed E-state index contributed by atoms with van der Waals surface area (Å²) in [7, 11) is 2.27. The predicted octanol–water partition coefficient (Wildman–Crippen LogP) is 5.05. The lowest BCUT2D eigenvalue weighted by Gasteiger charge is -2.18. The number of amides is 1. The first-order valence-electron chi connectivity index (χ1n) is 11.6. The monoisotopic (exact) mass is 505 g/mol. The minimum Gasteiger partial charge on any atom is -0.456 e. The van der Waals surface area contributed by atoms with Gasteiger partial charge in [-0.2, -0.15) is 5.10 Å². The Bertz CT molecular complexity index is 1440. The molecule has 2 aromatic heterocycles. The number of anilines is 1. The van der Waals surface area contributed by atoms with Gasteiger partial charge in [-0.3, -0.25) is 14.5 Å². The van der Waals surface area contributed by atoms with Crippen LogP contribution in [0.4, 0.5) is 5.69 Å². The summed E-state index contributed by atoms with van der Waals surface area (Å²) in [6, 6.07) is 13.0. The van der Waals surface area contributed by atoms with Gasteiger partial charge < -0.3 is 10.1 Å². The second-order valence-corrected chi connectivity index (χ2v) is 11.5. The fraction of sp³-hybridized carbons (Fsp3) is 0.296. The van der Waals surface area contributed by atoms with Gasteiger partial charge in [0.2, 0.25) is 5.91 Å². The van der Waals surface area contributed by atoms with Gasteiger partial charge in [-0.15, -0.1) is 0 Å². The maximum Gasteiger partial charge on any atom is 0.228 e. The Kier molecular flexibility index (Phi) is 7.23. The molecule has 0 aliphatic carbocycles. The van der Waals surface area contributed by atoms with Gasteiger partial charge in [-0.05, 0) is 83.2 Å². The summed E-state index contributed by atoms with van der Waals surface area (Å²) in [4.78, 5) is 17.7. The van der Waals surface area contributed by atoms with E-state index in [9.17, 15) is 9.00 Å². The lowest BCUT2D eigenvalue weighted by molar-refractivity contribution is -0.115. The zero-order valence-electron chi connectivity index (χ0n) is 21.4. The van der Waals surface area contributed by atoms with Gasteiger partial charge in [0, 0.05) is 17.8 Å². The molecular weight excluding hydrogens is 474 g/mol. The molecule has 0 radical (unpaired) electrons. The minimum atomic E-state index is -1.27. The van der Waals surface area contributed by atoms with Gasteiger partial charge in [0.25, 0.3) is 0 Å². The van der Waals surface area contributed by atoms with Gasteiger partial charge in [0.05, 0.1) is 34.3 Å². The number of ether oxygens (including phenoxy) is 1. The van der Waals surface area contributed by atoms with Gasteiger partial charge >= 0.3 is 0 Å². The van der Waals surface area contributed by atoms with E-state index in [-0.39, 0.29) is 17.9 Å². The lowest BCUT2D eigenvalue weighted by Crippen LogP contribution is -2.22. The van der Waals surface area contributed by atoms with Crippen LogP contribution in [0.15, 0.2) is 66.0 Å². The van der Waals surface area contributed by atoms with E-state index in [1.807, 2.05) is 54.2 Å². The van der Waals surface area contributed by atoms with Crippen LogP contribution < -0.4 is 10.1 Å². The number of hydrogen-bond acceptors (Lipinski definition) is 5.